The van der Waals surface area contributed by atoms with Gasteiger partial charge in [-0.15, -0.1) is 0 Å². The summed E-state index contributed by atoms with van der Waals surface area (Å²) in [7, 11) is 0. The summed E-state index contributed by atoms with van der Waals surface area (Å²) in [6.07, 6.45) is 3.67. The Morgan fingerprint density at radius 2 is 1.89 bits per heavy atom. The second-order valence-electron chi connectivity index (χ2n) is 5.14. The van der Waals surface area contributed by atoms with Crippen molar-refractivity contribution in [2.75, 3.05) is 18.4 Å². The fraction of sp³-hybridized carbons (Fsp3) is 0.533. The van der Waals surface area contributed by atoms with Gasteiger partial charge < -0.3 is 10.6 Å². The Hall–Kier alpha value is -1.51. The van der Waals surface area contributed by atoms with Gasteiger partial charge in [-0.2, -0.15) is 0 Å². The van der Waals surface area contributed by atoms with Crippen molar-refractivity contribution in [2.24, 2.45) is 5.41 Å². The molecule has 1 aromatic rings. The van der Waals surface area contributed by atoms with Crippen molar-refractivity contribution in [1.29, 1.82) is 0 Å². The monoisotopic (exact) mass is 246 g/mol. The lowest BCUT2D eigenvalue weighted by atomic mass is 10.0. The van der Waals surface area contributed by atoms with Gasteiger partial charge in [0.2, 0.25) is 0 Å². The highest BCUT2D eigenvalue weighted by Gasteiger charge is 2.40. The van der Waals surface area contributed by atoms with E-state index in [-0.39, 0.29) is 5.91 Å². The number of hydrogen-bond donors (Lipinski definition) is 2. The van der Waals surface area contributed by atoms with Crippen LogP contribution < -0.4 is 10.6 Å². The first kappa shape index (κ1) is 12.9. The number of nitrogens with one attached hydrogen (secondary N) is 2. The average Bonchev–Trinajstić information content (AvgIpc) is 3.18. The summed E-state index contributed by atoms with van der Waals surface area (Å²) in [5.74, 6) is 0.0396. The van der Waals surface area contributed by atoms with E-state index in [0.29, 0.717) is 5.41 Å². The number of amides is 1. The molecule has 18 heavy (non-hydrogen) atoms. The quantitative estimate of drug-likeness (QED) is 0.810. The first-order chi connectivity index (χ1) is 8.69. The highest BCUT2D eigenvalue weighted by atomic mass is 16.1. The van der Waals surface area contributed by atoms with Crippen LogP contribution in [0.15, 0.2) is 24.3 Å². The van der Waals surface area contributed by atoms with Crippen molar-refractivity contribution in [3.05, 3.63) is 29.8 Å². The molecule has 0 heterocycles. The summed E-state index contributed by atoms with van der Waals surface area (Å²) in [5.41, 5.74) is 2.20. The van der Waals surface area contributed by atoms with E-state index in [1.807, 2.05) is 24.3 Å². The number of rotatable bonds is 6. The molecule has 3 heteroatoms. The van der Waals surface area contributed by atoms with Gasteiger partial charge in [-0.3, -0.25) is 4.79 Å². The van der Waals surface area contributed by atoms with E-state index in [4.69, 9.17) is 0 Å². The molecule has 0 aliphatic heterocycles. The van der Waals surface area contributed by atoms with E-state index in [0.717, 1.165) is 30.8 Å². The summed E-state index contributed by atoms with van der Waals surface area (Å²) >= 11 is 0. The maximum atomic E-state index is 12.0. The highest BCUT2D eigenvalue weighted by Crippen LogP contribution is 2.47. The van der Waals surface area contributed by atoms with Crippen molar-refractivity contribution < 1.29 is 4.79 Å². The van der Waals surface area contributed by atoms with Crippen LogP contribution in [0.3, 0.4) is 0 Å². The van der Waals surface area contributed by atoms with Gasteiger partial charge in [0, 0.05) is 24.3 Å². The van der Waals surface area contributed by atoms with E-state index in [2.05, 4.69) is 24.5 Å². The minimum absolute atomic E-state index is 0.0396. The van der Waals surface area contributed by atoms with Crippen LogP contribution in [0.2, 0.25) is 0 Å². The van der Waals surface area contributed by atoms with Crippen LogP contribution in [-0.4, -0.2) is 19.0 Å². The third-order valence-corrected chi connectivity index (χ3v) is 3.86. The molecule has 2 N–H and O–H groups in total. The number of carbonyl (C=O) groups is 1. The van der Waals surface area contributed by atoms with Crippen molar-refractivity contribution in [3.63, 3.8) is 0 Å². The van der Waals surface area contributed by atoms with Crippen LogP contribution in [0.5, 0.6) is 0 Å². The van der Waals surface area contributed by atoms with Crippen LogP contribution in [0.25, 0.3) is 0 Å². The molecule has 0 bridgehead atoms. The van der Waals surface area contributed by atoms with Gasteiger partial charge >= 0.3 is 0 Å². The third kappa shape index (κ3) is 3.03. The summed E-state index contributed by atoms with van der Waals surface area (Å²) < 4.78 is 0. The van der Waals surface area contributed by atoms with Crippen LogP contribution >= 0.6 is 0 Å². The van der Waals surface area contributed by atoms with Crippen LogP contribution in [0.4, 0.5) is 5.69 Å². The Morgan fingerprint density at radius 3 is 2.39 bits per heavy atom. The molecule has 1 aliphatic rings. The summed E-state index contributed by atoms with van der Waals surface area (Å²) in [6, 6.07) is 7.65. The summed E-state index contributed by atoms with van der Waals surface area (Å²) in [4.78, 5) is 12.0. The fourth-order valence-corrected chi connectivity index (χ4v) is 2.15. The molecule has 2 rings (SSSR count). The molecule has 0 radical (unpaired) electrons. The van der Waals surface area contributed by atoms with Crippen LogP contribution in [0, 0.1) is 5.41 Å². The molecule has 0 atom stereocenters. The molecule has 0 unspecified atom stereocenters. The molecule has 0 saturated heterocycles. The summed E-state index contributed by atoms with van der Waals surface area (Å²) in [6.45, 7) is 5.96. The largest absolute Gasteiger partial charge is 0.385 e. The van der Waals surface area contributed by atoms with Crippen molar-refractivity contribution in [1.82, 2.24) is 5.32 Å². The molecular formula is C15H22N2O. The predicted molar refractivity (Wildman–Crippen MR) is 74.9 cm³/mol. The van der Waals surface area contributed by atoms with E-state index >= 15 is 0 Å². The lowest BCUT2D eigenvalue weighted by Crippen LogP contribution is -2.29. The minimum Gasteiger partial charge on any atom is -0.385 e. The Bertz CT molecular complexity index is 407. The van der Waals surface area contributed by atoms with Crippen molar-refractivity contribution >= 4 is 11.6 Å². The standard InChI is InChI=1S/C15H22N2O/c1-3-15(9-10-15)11-17-14(18)12-5-7-13(8-6-12)16-4-2/h5-8,16H,3-4,9-11H2,1-2H3,(H,17,18). The predicted octanol–water partition coefficient (Wildman–Crippen LogP) is 3.04. The van der Waals surface area contributed by atoms with E-state index in [1.54, 1.807) is 0 Å². The van der Waals surface area contributed by atoms with Gasteiger partial charge in [-0.05, 0) is 55.9 Å². The van der Waals surface area contributed by atoms with Gasteiger partial charge in [0.25, 0.3) is 5.91 Å². The SMILES string of the molecule is CCNc1ccc(C(=O)NCC2(CC)CC2)cc1. The zero-order chi connectivity index (χ0) is 13.0. The normalized spacial score (nSPS) is 16.1. The maximum absolute atomic E-state index is 12.0. The molecule has 1 amide bonds. The Morgan fingerprint density at radius 1 is 1.22 bits per heavy atom. The van der Waals surface area contributed by atoms with Gasteiger partial charge in [-0.1, -0.05) is 6.92 Å². The van der Waals surface area contributed by atoms with Gasteiger partial charge in [0.15, 0.2) is 0 Å². The number of carbonyl (C=O) groups excluding carboxylic acids is 1. The van der Waals surface area contributed by atoms with E-state index < -0.39 is 0 Å². The second kappa shape index (κ2) is 5.42. The van der Waals surface area contributed by atoms with E-state index in [1.165, 1.54) is 12.8 Å². The third-order valence-electron chi connectivity index (χ3n) is 3.86. The topological polar surface area (TPSA) is 41.1 Å². The Balaban J connectivity index is 1.88. The van der Waals surface area contributed by atoms with Crippen molar-refractivity contribution in [3.8, 4) is 0 Å². The van der Waals surface area contributed by atoms with Crippen LogP contribution in [0.1, 0.15) is 43.5 Å². The molecule has 1 aliphatic carbocycles. The molecule has 1 fully saturated rings. The fourth-order valence-electron chi connectivity index (χ4n) is 2.15. The lowest BCUT2D eigenvalue weighted by molar-refractivity contribution is 0.0944. The van der Waals surface area contributed by atoms with Crippen molar-refractivity contribution in [2.45, 2.75) is 33.1 Å². The van der Waals surface area contributed by atoms with Gasteiger partial charge in [0.1, 0.15) is 0 Å². The Labute approximate surface area is 109 Å². The van der Waals surface area contributed by atoms with Gasteiger partial charge in [0.05, 0.1) is 0 Å². The molecule has 1 saturated carbocycles. The zero-order valence-electron chi connectivity index (χ0n) is 11.3. The Kier molecular flexibility index (Phi) is 3.90. The molecule has 3 nitrogen and oxygen atoms in total. The highest BCUT2D eigenvalue weighted by molar-refractivity contribution is 5.94. The molecule has 0 spiro atoms. The first-order valence-corrected chi connectivity index (χ1v) is 6.81. The van der Waals surface area contributed by atoms with Crippen LogP contribution in [-0.2, 0) is 0 Å². The minimum atomic E-state index is 0.0396. The van der Waals surface area contributed by atoms with E-state index in [9.17, 15) is 4.79 Å². The molecule has 1 aromatic carbocycles. The number of anilines is 1. The maximum Gasteiger partial charge on any atom is 0.251 e. The second-order valence-corrected chi connectivity index (χ2v) is 5.14. The van der Waals surface area contributed by atoms with Gasteiger partial charge in [-0.25, -0.2) is 0 Å². The smallest absolute Gasteiger partial charge is 0.251 e. The molecular weight excluding hydrogens is 224 g/mol. The number of benzene rings is 1. The first-order valence-electron chi connectivity index (χ1n) is 6.81. The number of hydrogen-bond acceptors (Lipinski definition) is 2. The zero-order valence-corrected chi connectivity index (χ0v) is 11.3. The lowest BCUT2D eigenvalue weighted by Gasteiger charge is -2.13. The molecule has 0 aromatic heterocycles. The molecule has 98 valence electrons. The summed E-state index contributed by atoms with van der Waals surface area (Å²) in [5, 5.41) is 6.26. The average molecular weight is 246 g/mol.